The average Bonchev–Trinajstić information content (AvgIpc) is 3.23. The third kappa shape index (κ3) is 6.32. The zero-order valence-electron chi connectivity index (χ0n) is 20.5. The lowest BCUT2D eigenvalue weighted by atomic mass is 10.1. The molecular weight excluding hydrogens is 467 g/mol. The lowest BCUT2D eigenvalue weighted by Gasteiger charge is -2.35. The number of nitrogens with one attached hydrogen (secondary N) is 1. The van der Waals surface area contributed by atoms with Gasteiger partial charge in [-0.25, -0.2) is 14.4 Å². The highest BCUT2D eigenvalue weighted by Crippen LogP contribution is 2.36. The maximum Gasteiger partial charge on any atom is 0.242 e. The van der Waals surface area contributed by atoms with E-state index >= 15 is 0 Å². The summed E-state index contributed by atoms with van der Waals surface area (Å²) in [7, 11) is 1.85. The average molecular weight is 499 g/mol. The molecule has 0 radical (unpaired) electrons. The number of fused-ring (bicyclic) bond motifs is 1. The van der Waals surface area contributed by atoms with Crippen LogP contribution < -0.4 is 10.2 Å². The molecular formula is C25H31FN6O2S. The summed E-state index contributed by atoms with van der Waals surface area (Å²) in [4.78, 5) is 40.7. The van der Waals surface area contributed by atoms with Gasteiger partial charge in [-0.3, -0.25) is 14.5 Å². The highest BCUT2D eigenvalue weighted by atomic mass is 32.1. The van der Waals surface area contributed by atoms with Gasteiger partial charge in [0.2, 0.25) is 11.8 Å². The van der Waals surface area contributed by atoms with Gasteiger partial charge in [-0.15, -0.1) is 11.3 Å². The quantitative estimate of drug-likeness (QED) is 0.563. The lowest BCUT2D eigenvalue weighted by molar-refractivity contribution is -0.131. The molecule has 0 atom stereocenters. The van der Waals surface area contributed by atoms with Crippen molar-refractivity contribution in [2.24, 2.45) is 0 Å². The highest BCUT2D eigenvalue weighted by Gasteiger charge is 2.25. The van der Waals surface area contributed by atoms with E-state index in [2.05, 4.69) is 20.2 Å². The summed E-state index contributed by atoms with van der Waals surface area (Å²) in [6.45, 7) is 8.92. The lowest BCUT2D eigenvalue weighted by Crippen LogP contribution is -2.54. The van der Waals surface area contributed by atoms with Crippen molar-refractivity contribution in [2.75, 3.05) is 51.2 Å². The van der Waals surface area contributed by atoms with Crippen molar-refractivity contribution in [2.45, 2.75) is 26.3 Å². The number of benzene rings is 1. The molecule has 0 unspecified atom stereocenters. The van der Waals surface area contributed by atoms with E-state index in [1.54, 1.807) is 12.1 Å². The number of rotatable bonds is 6. The number of carbonyl (C=O) groups excluding carboxylic acids is 2. The van der Waals surface area contributed by atoms with Crippen LogP contribution >= 0.6 is 11.3 Å². The normalized spacial score (nSPS) is 14.8. The first kappa shape index (κ1) is 25.0. The molecule has 1 aliphatic heterocycles. The van der Waals surface area contributed by atoms with Gasteiger partial charge in [-0.05, 0) is 44.5 Å². The van der Waals surface area contributed by atoms with Crippen LogP contribution in [-0.2, 0) is 9.59 Å². The van der Waals surface area contributed by atoms with Crippen LogP contribution in [0.2, 0.25) is 0 Å². The van der Waals surface area contributed by atoms with Crippen LogP contribution in [0.1, 0.15) is 20.8 Å². The molecule has 3 aromatic rings. The SMILES string of the molecule is CN(CC(=O)N1CCN(CC(=O)NC(C)(C)C)CC1)c1ncnc2cc(-c3ccc(F)cc3)sc12. The van der Waals surface area contributed by atoms with Gasteiger partial charge < -0.3 is 15.1 Å². The molecule has 1 aromatic carbocycles. The van der Waals surface area contributed by atoms with Gasteiger partial charge in [0.25, 0.3) is 0 Å². The zero-order valence-corrected chi connectivity index (χ0v) is 21.4. The fraction of sp³-hybridized carbons (Fsp3) is 0.440. The number of piperazine rings is 1. The largest absolute Gasteiger partial charge is 0.350 e. The van der Waals surface area contributed by atoms with Crippen LogP contribution in [-0.4, -0.2) is 83.4 Å². The summed E-state index contributed by atoms with van der Waals surface area (Å²) in [5.74, 6) is 0.441. The molecule has 4 rings (SSSR count). The minimum atomic E-state index is -0.275. The van der Waals surface area contributed by atoms with E-state index < -0.39 is 0 Å². The second-order valence-electron chi connectivity index (χ2n) is 9.84. The van der Waals surface area contributed by atoms with E-state index in [0.717, 1.165) is 20.7 Å². The number of aromatic nitrogens is 2. The second-order valence-corrected chi connectivity index (χ2v) is 10.9. The molecule has 1 saturated heterocycles. The fourth-order valence-corrected chi connectivity index (χ4v) is 5.22. The van der Waals surface area contributed by atoms with Gasteiger partial charge in [-0.2, -0.15) is 0 Å². The third-order valence-electron chi connectivity index (χ3n) is 5.76. The molecule has 8 nitrogen and oxygen atoms in total. The number of likely N-dealkylation sites (N-methyl/N-ethyl adjacent to an activating group) is 1. The minimum Gasteiger partial charge on any atom is -0.350 e. The molecule has 2 amide bonds. The van der Waals surface area contributed by atoms with Crippen LogP contribution in [0.5, 0.6) is 0 Å². The molecule has 0 bridgehead atoms. The fourth-order valence-electron chi connectivity index (χ4n) is 4.06. The Bertz CT molecular complexity index is 1200. The molecule has 1 fully saturated rings. The summed E-state index contributed by atoms with van der Waals surface area (Å²) in [5, 5.41) is 2.98. The van der Waals surface area contributed by atoms with Crippen molar-refractivity contribution in [1.29, 1.82) is 0 Å². The molecule has 3 heterocycles. The Hall–Kier alpha value is -3.11. The molecule has 0 saturated carbocycles. The van der Waals surface area contributed by atoms with Crippen molar-refractivity contribution in [3.63, 3.8) is 0 Å². The van der Waals surface area contributed by atoms with Gasteiger partial charge >= 0.3 is 0 Å². The van der Waals surface area contributed by atoms with Crippen LogP contribution in [0.3, 0.4) is 0 Å². The van der Waals surface area contributed by atoms with E-state index in [0.29, 0.717) is 38.5 Å². The van der Waals surface area contributed by atoms with E-state index in [9.17, 15) is 14.0 Å². The Morgan fingerprint density at radius 1 is 1.11 bits per heavy atom. The standard InChI is InChI=1S/C25H31FN6O2S/c1-25(2,3)29-21(33)14-31-9-11-32(12-10-31)22(34)15-30(4)24-23-19(27-16-28-24)13-20(35-23)17-5-7-18(26)8-6-17/h5-8,13,16H,9-12,14-15H2,1-4H3,(H,29,33). The molecule has 1 N–H and O–H groups in total. The Kier molecular flexibility index (Phi) is 7.32. The summed E-state index contributed by atoms with van der Waals surface area (Å²) < 4.78 is 14.2. The smallest absolute Gasteiger partial charge is 0.242 e. The molecule has 1 aliphatic rings. The number of amides is 2. The third-order valence-corrected chi connectivity index (χ3v) is 6.93. The van der Waals surface area contributed by atoms with E-state index in [1.807, 2.05) is 43.7 Å². The topological polar surface area (TPSA) is 81.7 Å². The van der Waals surface area contributed by atoms with E-state index in [4.69, 9.17) is 0 Å². The van der Waals surface area contributed by atoms with Crippen LogP contribution in [0.15, 0.2) is 36.7 Å². The maximum absolute atomic E-state index is 13.3. The maximum atomic E-state index is 13.3. The van der Waals surface area contributed by atoms with Crippen molar-refractivity contribution in [1.82, 2.24) is 25.1 Å². The highest BCUT2D eigenvalue weighted by molar-refractivity contribution is 7.22. The monoisotopic (exact) mass is 498 g/mol. The first-order chi connectivity index (χ1) is 16.6. The Labute approximate surface area is 208 Å². The number of anilines is 1. The van der Waals surface area contributed by atoms with E-state index in [-0.39, 0.29) is 29.7 Å². The predicted octanol–water partition coefficient (Wildman–Crippen LogP) is 2.99. The van der Waals surface area contributed by atoms with Crippen LogP contribution in [0, 0.1) is 5.82 Å². The number of hydrogen-bond acceptors (Lipinski definition) is 7. The first-order valence-electron chi connectivity index (χ1n) is 11.6. The number of carbonyl (C=O) groups is 2. The molecule has 186 valence electrons. The van der Waals surface area contributed by atoms with Gasteiger partial charge in [0.15, 0.2) is 0 Å². The van der Waals surface area contributed by atoms with Crippen molar-refractivity contribution >= 4 is 39.2 Å². The number of nitrogens with zero attached hydrogens (tertiary/aromatic N) is 5. The summed E-state index contributed by atoms with van der Waals surface area (Å²) in [6, 6.07) is 8.32. The second kappa shape index (κ2) is 10.2. The number of halogens is 1. The Balaban J connectivity index is 1.37. The van der Waals surface area contributed by atoms with Crippen LogP contribution in [0.4, 0.5) is 10.2 Å². The van der Waals surface area contributed by atoms with Crippen molar-refractivity contribution in [3.8, 4) is 10.4 Å². The molecule has 35 heavy (non-hydrogen) atoms. The summed E-state index contributed by atoms with van der Waals surface area (Å²) in [6.07, 6.45) is 1.50. The minimum absolute atomic E-state index is 0.000688. The number of hydrogen-bond donors (Lipinski definition) is 1. The zero-order chi connectivity index (χ0) is 25.2. The van der Waals surface area contributed by atoms with Gasteiger partial charge in [0, 0.05) is 43.6 Å². The van der Waals surface area contributed by atoms with Gasteiger partial charge in [0.1, 0.15) is 18.0 Å². The molecule has 10 heteroatoms. The molecule has 0 aliphatic carbocycles. The number of thiophene rings is 1. The van der Waals surface area contributed by atoms with Gasteiger partial charge in [-0.1, -0.05) is 12.1 Å². The van der Waals surface area contributed by atoms with Crippen LogP contribution in [0.25, 0.3) is 20.7 Å². The van der Waals surface area contributed by atoms with Gasteiger partial charge in [0.05, 0.1) is 23.3 Å². The Morgan fingerprint density at radius 3 is 2.46 bits per heavy atom. The predicted molar refractivity (Wildman–Crippen MR) is 137 cm³/mol. The van der Waals surface area contributed by atoms with Crippen molar-refractivity contribution in [3.05, 3.63) is 42.5 Å². The molecule has 2 aromatic heterocycles. The molecule has 0 spiro atoms. The Morgan fingerprint density at radius 2 is 1.80 bits per heavy atom. The first-order valence-corrected chi connectivity index (χ1v) is 12.4. The van der Waals surface area contributed by atoms with E-state index in [1.165, 1.54) is 29.8 Å². The van der Waals surface area contributed by atoms with Crippen molar-refractivity contribution < 1.29 is 14.0 Å². The summed E-state index contributed by atoms with van der Waals surface area (Å²) in [5.41, 5.74) is 1.45. The summed E-state index contributed by atoms with van der Waals surface area (Å²) >= 11 is 1.52.